The third-order valence-corrected chi connectivity index (χ3v) is 4.01. The number of pyridine rings is 1. The van der Waals surface area contributed by atoms with E-state index in [1.165, 1.54) is 11.8 Å². The molecule has 1 aromatic heterocycles. The molecule has 1 aromatic carbocycles. The molecule has 6 nitrogen and oxygen atoms in total. The van der Waals surface area contributed by atoms with E-state index >= 15 is 0 Å². The lowest BCUT2D eigenvalue weighted by Gasteiger charge is -2.29. The first-order chi connectivity index (χ1) is 11.1. The Kier molecular flexibility index (Phi) is 4.06. The summed E-state index contributed by atoms with van der Waals surface area (Å²) in [6.45, 7) is 1.17. The summed E-state index contributed by atoms with van der Waals surface area (Å²) < 4.78 is 10.7. The van der Waals surface area contributed by atoms with E-state index in [-0.39, 0.29) is 5.91 Å². The summed E-state index contributed by atoms with van der Waals surface area (Å²) in [6, 6.07) is 7.26. The van der Waals surface area contributed by atoms with E-state index in [2.05, 4.69) is 4.98 Å². The molecule has 6 heteroatoms. The largest absolute Gasteiger partial charge is 0.493 e. The Morgan fingerprint density at radius 1 is 1.17 bits per heavy atom. The number of anilines is 1. The van der Waals surface area contributed by atoms with Crippen molar-refractivity contribution in [3.63, 3.8) is 0 Å². The number of amides is 1. The molecular formula is C17H19N3O3. The molecule has 2 aromatic rings. The second-order valence-electron chi connectivity index (χ2n) is 5.43. The summed E-state index contributed by atoms with van der Waals surface area (Å²) in [5.74, 6) is 1.29. The Balaban J connectivity index is 1.84. The lowest BCUT2D eigenvalue weighted by molar-refractivity contribution is 0.0728. The van der Waals surface area contributed by atoms with Gasteiger partial charge in [-0.3, -0.25) is 4.79 Å². The summed E-state index contributed by atoms with van der Waals surface area (Å²) in [4.78, 5) is 18.5. The third-order valence-electron chi connectivity index (χ3n) is 4.01. The van der Waals surface area contributed by atoms with Crippen LogP contribution in [0.1, 0.15) is 21.6 Å². The number of aromatic nitrogens is 1. The molecule has 3 rings (SSSR count). The Labute approximate surface area is 134 Å². The number of methoxy groups -OCH3 is 2. The molecule has 23 heavy (non-hydrogen) atoms. The highest BCUT2D eigenvalue weighted by atomic mass is 16.5. The van der Waals surface area contributed by atoms with Gasteiger partial charge in [-0.1, -0.05) is 0 Å². The number of nitrogen functional groups attached to an aromatic ring is 1. The van der Waals surface area contributed by atoms with E-state index < -0.39 is 0 Å². The van der Waals surface area contributed by atoms with Gasteiger partial charge >= 0.3 is 0 Å². The van der Waals surface area contributed by atoms with Gasteiger partial charge in [0.15, 0.2) is 11.5 Å². The maximum atomic E-state index is 12.6. The second kappa shape index (κ2) is 6.16. The maximum Gasteiger partial charge on any atom is 0.272 e. The molecule has 120 valence electrons. The first-order valence-corrected chi connectivity index (χ1v) is 7.37. The first kappa shape index (κ1) is 15.1. The highest BCUT2D eigenvalue weighted by molar-refractivity contribution is 5.92. The van der Waals surface area contributed by atoms with Crippen molar-refractivity contribution in [1.29, 1.82) is 0 Å². The van der Waals surface area contributed by atoms with Crippen molar-refractivity contribution < 1.29 is 14.3 Å². The fourth-order valence-electron chi connectivity index (χ4n) is 2.75. The van der Waals surface area contributed by atoms with Crippen molar-refractivity contribution in [3.8, 4) is 11.5 Å². The Bertz CT molecular complexity index is 729. The molecule has 2 heterocycles. The molecule has 1 aliphatic heterocycles. The van der Waals surface area contributed by atoms with Gasteiger partial charge in [0, 0.05) is 13.1 Å². The molecular weight excluding hydrogens is 294 g/mol. The van der Waals surface area contributed by atoms with Gasteiger partial charge in [0.2, 0.25) is 0 Å². The van der Waals surface area contributed by atoms with Gasteiger partial charge in [-0.25, -0.2) is 4.98 Å². The lowest BCUT2D eigenvalue weighted by atomic mass is 9.98. The zero-order chi connectivity index (χ0) is 16.4. The van der Waals surface area contributed by atoms with E-state index in [1.807, 2.05) is 12.1 Å². The molecule has 0 atom stereocenters. The Morgan fingerprint density at radius 3 is 2.48 bits per heavy atom. The van der Waals surface area contributed by atoms with Crippen molar-refractivity contribution >= 4 is 11.6 Å². The molecule has 0 saturated heterocycles. The minimum absolute atomic E-state index is 0.0922. The number of rotatable bonds is 3. The zero-order valence-electron chi connectivity index (χ0n) is 13.2. The van der Waals surface area contributed by atoms with Crippen molar-refractivity contribution in [2.24, 2.45) is 0 Å². The normalized spacial score (nSPS) is 13.4. The molecule has 0 radical (unpaired) electrons. The van der Waals surface area contributed by atoms with Gasteiger partial charge in [-0.2, -0.15) is 0 Å². The third kappa shape index (κ3) is 2.92. The smallest absolute Gasteiger partial charge is 0.272 e. The van der Waals surface area contributed by atoms with Crippen molar-refractivity contribution in [2.45, 2.75) is 13.0 Å². The fraction of sp³-hybridized carbons (Fsp3) is 0.294. The number of benzene rings is 1. The predicted octanol–water partition coefficient (Wildman–Crippen LogP) is 1.88. The zero-order valence-corrected chi connectivity index (χ0v) is 13.2. The lowest BCUT2D eigenvalue weighted by Crippen LogP contribution is -2.36. The van der Waals surface area contributed by atoms with Gasteiger partial charge < -0.3 is 20.1 Å². The van der Waals surface area contributed by atoms with Crippen LogP contribution in [0, 0.1) is 0 Å². The van der Waals surface area contributed by atoms with E-state index in [9.17, 15) is 4.79 Å². The number of fused-ring (bicyclic) bond motifs is 1. The summed E-state index contributed by atoms with van der Waals surface area (Å²) in [6.07, 6.45) is 2.27. The standard InChI is InChI=1S/C17H19N3O3/c1-22-15-7-11-5-6-20(10-12(11)8-16(15)23-2)17(21)14-4-3-13(18)9-19-14/h3-4,7-9H,5-6,10,18H2,1-2H3. The topological polar surface area (TPSA) is 77.7 Å². The summed E-state index contributed by atoms with van der Waals surface area (Å²) >= 11 is 0. The van der Waals surface area contributed by atoms with Crippen LogP contribution in [0.15, 0.2) is 30.5 Å². The van der Waals surface area contributed by atoms with Crippen LogP contribution in [0.3, 0.4) is 0 Å². The number of ether oxygens (including phenoxy) is 2. The van der Waals surface area contributed by atoms with E-state index in [1.54, 1.807) is 31.3 Å². The van der Waals surface area contributed by atoms with Crippen molar-refractivity contribution in [3.05, 3.63) is 47.3 Å². The number of carbonyl (C=O) groups is 1. The second-order valence-corrected chi connectivity index (χ2v) is 5.43. The number of carbonyl (C=O) groups excluding carboxylic acids is 1. The average molecular weight is 313 g/mol. The molecule has 0 unspecified atom stereocenters. The first-order valence-electron chi connectivity index (χ1n) is 7.37. The number of hydrogen-bond acceptors (Lipinski definition) is 5. The van der Waals surface area contributed by atoms with Gasteiger partial charge in [0.05, 0.1) is 26.1 Å². The van der Waals surface area contributed by atoms with Crippen LogP contribution in [0.25, 0.3) is 0 Å². The maximum absolute atomic E-state index is 12.6. The number of nitrogens with zero attached hydrogens (tertiary/aromatic N) is 2. The monoisotopic (exact) mass is 313 g/mol. The molecule has 0 aliphatic carbocycles. The Hall–Kier alpha value is -2.76. The van der Waals surface area contributed by atoms with Gasteiger partial charge in [0.25, 0.3) is 5.91 Å². The van der Waals surface area contributed by atoms with Gasteiger partial charge in [-0.15, -0.1) is 0 Å². The van der Waals surface area contributed by atoms with Crippen LogP contribution in [0.4, 0.5) is 5.69 Å². The molecule has 2 N–H and O–H groups in total. The number of nitrogens with two attached hydrogens (primary N) is 1. The average Bonchev–Trinajstić information content (AvgIpc) is 2.60. The molecule has 0 fully saturated rings. The highest BCUT2D eigenvalue weighted by Gasteiger charge is 2.24. The fourth-order valence-corrected chi connectivity index (χ4v) is 2.75. The van der Waals surface area contributed by atoms with Crippen LogP contribution in [0.5, 0.6) is 11.5 Å². The van der Waals surface area contributed by atoms with Crippen LogP contribution in [-0.4, -0.2) is 36.6 Å². The minimum atomic E-state index is -0.0922. The molecule has 0 spiro atoms. The van der Waals surface area contributed by atoms with Crippen LogP contribution in [0.2, 0.25) is 0 Å². The van der Waals surface area contributed by atoms with Crippen molar-refractivity contribution in [2.75, 3.05) is 26.5 Å². The SMILES string of the molecule is COc1cc2c(cc1OC)CN(C(=O)c1ccc(N)cn1)CC2. The minimum Gasteiger partial charge on any atom is -0.493 e. The highest BCUT2D eigenvalue weighted by Crippen LogP contribution is 2.33. The molecule has 1 aliphatic rings. The molecule has 1 amide bonds. The Morgan fingerprint density at radius 2 is 1.87 bits per heavy atom. The quantitative estimate of drug-likeness (QED) is 0.936. The molecule has 0 saturated carbocycles. The summed E-state index contributed by atoms with van der Waals surface area (Å²) in [7, 11) is 3.23. The molecule has 0 bridgehead atoms. The van der Waals surface area contributed by atoms with E-state index in [0.717, 1.165) is 12.0 Å². The van der Waals surface area contributed by atoms with Crippen LogP contribution >= 0.6 is 0 Å². The van der Waals surface area contributed by atoms with E-state index in [0.29, 0.717) is 36.0 Å². The van der Waals surface area contributed by atoms with Crippen molar-refractivity contribution in [1.82, 2.24) is 9.88 Å². The summed E-state index contributed by atoms with van der Waals surface area (Å²) in [5.41, 5.74) is 8.81. The summed E-state index contributed by atoms with van der Waals surface area (Å²) in [5, 5.41) is 0. The van der Waals surface area contributed by atoms with E-state index in [4.69, 9.17) is 15.2 Å². The van der Waals surface area contributed by atoms with Gasteiger partial charge in [0.1, 0.15) is 5.69 Å². The van der Waals surface area contributed by atoms with Crippen LogP contribution in [-0.2, 0) is 13.0 Å². The van der Waals surface area contributed by atoms with Gasteiger partial charge in [-0.05, 0) is 41.8 Å². The van der Waals surface area contributed by atoms with Crippen LogP contribution < -0.4 is 15.2 Å². The predicted molar refractivity (Wildman–Crippen MR) is 86.6 cm³/mol. The number of hydrogen-bond donors (Lipinski definition) is 1.